The normalized spacial score (nSPS) is 11.0. The van der Waals surface area contributed by atoms with Crippen LogP contribution in [0.2, 0.25) is 0 Å². The summed E-state index contributed by atoms with van der Waals surface area (Å²) in [5, 5.41) is 6.34. The zero-order valence-corrected chi connectivity index (χ0v) is 18.8. The lowest BCUT2D eigenvalue weighted by molar-refractivity contribution is 0.447. The van der Waals surface area contributed by atoms with Gasteiger partial charge in [0.15, 0.2) is 5.96 Å². The van der Waals surface area contributed by atoms with Crippen molar-refractivity contribution in [2.75, 3.05) is 32.7 Å². The molecule has 1 aromatic rings. The Balaban J connectivity index is 0.00000529. The highest BCUT2D eigenvalue weighted by Gasteiger charge is 2.23. The number of nitrogens with one attached hydrogen (secondary N) is 2. The Morgan fingerprint density at radius 2 is 1.71 bits per heavy atom. The fraction of sp³-hybridized carbons (Fsp3) is 0.667. The summed E-state index contributed by atoms with van der Waals surface area (Å²) in [7, 11) is -3.35. The molecular weight excluding hydrogens is 459 g/mol. The standard InChI is InChI=1S/C15H28N4O2S2.HI/c1-5-16-15(17-6-2)18-12-11-13-9-10-14(22-13)23(20,21)19(7-3)8-4;/h9-10H,5-8,11-12H2,1-4H3,(H2,16,17,18);1H. The van der Waals surface area contributed by atoms with E-state index in [1.807, 2.05) is 33.8 Å². The summed E-state index contributed by atoms with van der Waals surface area (Å²) in [6.45, 7) is 11.0. The van der Waals surface area contributed by atoms with Gasteiger partial charge in [0, 0.05) is 44.0 Å². The Labute approximate surface area is 167 Å². The number of thiophene rings is 1. The number of hydrogen-bond acceptors (Lipinski definition) is 4. The van der Waals surface area contributed by atoms with E-state index in [1.54, 1.807) is 6.07 Å². The lowest BCUT2D eigenvalue weighted by Crippen LogP contribution is -2.37. The van der Waals surface area contributed by atoms with Crippen LogP contribution in [0.15, 0.2) is 21.3 Å². The van der Waals surface area contributed by atoms with E-state index in [9.17, 15) is 8.42 Å². The Hall–Kier alpha value is -0.390. The molecule has 0 bridgehead atoms. The molecule has 0 aliphatic carbocycles. The first-order valence-corrected chi connectivity index (χ1v) is 10.4. The first kappa shape index (κ1) is 23.6. The van der Waals surface area contributed by atoms with Crippen molar-refractivity contribution in [1.82, 2.24) is 14.9 Å². The lowest BCUT2D eigenvalue weighted by Gasteiger charge is -2.16. The van der Waals surface area contributed by atoms with Crippen LogP contribution in [0, 0.1) is 0 Å². The maximum Gasteiger partial charge on any atom is 0.252 e. The summed E-state index contributed by atoms with van der Waals surface area (Å²) in [6.07, 6.45) is 0.735. The molecule has 0 aliphatic heterocycles. The van der Waals surface area contributed by atoms with Crippen LogP contribution < -0.4 is 10.6 Å². The third kappa shape index (κ3) is 6.85. The highest BCUT2D eigenvalue weighted by molar-refractivity contribution is 14.0. The molecule has 9 heteroatoms. The van der Waals surface area contributed by atoms with Crippen LogP contribution in [-0.4, -0.2) is 51.4 Å². The third-order valence-electron chi connectivity index (χ3n) is 3.25. The van der Waals surface area contributed by atoms with Gasteiger partial charge in [0.2, 0.25) is 0 Å². The van der Waals surface area contributed by atoms with Gasteiger partial charge in [0.1, 0.15) is 4.21 Å². The average molecular weight is 488 g/mol. The van der Waals surface area contributed by atoms with Crippen molar-refractivity contribution in [1.29, 1.82) is 0 Å². The van der Waals surface area contributed by atoms with Gasteiger partial charge in [0.05, 0.1) is 0 Å². The average Bonchev–Trinajstić information content (AvgIpc) is 2.98. The molecule has 0 atom stereocenters. The van der Waals surface area contributed by atoms with E-state index in [-0.39, 0.29) is 24.0 Å². The highest BCUT2D eigenvalue weighted by atomic mass is 127. The van der Waals surface area contributed by atoms with Crippen molar-refractivity contribution in [3.05, 3.63) is 17.0 Å². The zero-order chi connectivity index (χ0) is 17.3. The first-order valence-electron chi connectivity index (χ1n) is 8.10. The van der Waals surface area contributed by atoms with Crippen molar-refractivity contribution in [2.45, 2.75) is 38.3 Å². The number of aliphatic imine (C=N–C) groups is 1. The summed E-state index contributed by atoms with van der Waals surface area (Å²) < 4.78 is 26.8. The summed E-state index contributed by atoms with van der Waals surface area (Å²) in [6, 6.07) is 3.59. The van der Waals surface area contributed by atoms with Crippen LogP contribution >= 0.6 is 35.3 Å². The SMILES string of the molecule is CCNC(=NCCc1ccc(S(=O)(=O)N(CC)CC)s1)NCC.I. The lowest BCUT2D eigenvalue weighted by atomic mass is 10.3. The molecule has 0 saturated heterocycles. The van der Waals surface area contributed by atoms with E-state index in [0.29, 0.717) is 23.8 Å². The monoisotopic (exact) mass is 488 g/mol. The Morgan fingerprint density at radius 3 is 2.21 bits per heavy atom. The Morgan fingerprint density at radius 1 is 1.12 bits per heavy atom. The minimum atomic E-state index is -3.35. The third-order valence-corrected chi connectivity index (χ3v) is 6.92. The first-order chi connectivity index (χ1) is 11.0. The number of nitrogens with zero attached hydrogens (tertiary/aromatic N) is 2. The molecule has 0 fully saturated rings. The van der Waals surface area contributed by atoms with Gasteiger partial charge in [0.25, 0.3) is 10.0 Å². The van der Waals surface area contributed by atoms with Gasteiger partial charge < -0.3 is 10.6 Å². The van der Waals surface area contributed by atoms with Gasteiger partial charge in [-0.15, -0.1) is 35.3 Å². The summed E-state index contributed by atoms with van der Waals surface area (Å²) in [5.74, 6) is 0.794. The number of halogens is 1. The van der Waals surface area contributed by atoms with Crippen molar-refractivity contribution >= 4 is 51.3 Å². The molecule has 2 N–H and O–H groups in total. The second-order valence-electron chi connectivity index (χ2n) is 4.85. The quantitative estimate of drug-likeness (QED) is 0.318. The minimum Gasteiger partial charge on any atom is -0.357 e. The molecule has 0 amide bonds. The molecule has 0 spiro atoms. The highest BCUT2D eigenvalue weighted by Crippen LogP contribution is 2.25. The van der Waals surface area contributed by atoms with Crippen molar-refractivity contribution < 1.29 is 8.42 Å². The topological polar surface area (TPSA) is 73.8 Å². The maximum atomic E-state index is 12.4. The number of guanidine groups is 1. The van der Waals surface area contributed by atoms with E-state index in [4.69, 9.17) is 0 Å². The molecule has 0 saturated carbocycles. The fourth-order valence-corrected chi connectivity index (χ4v) is 5.07. The predicted octanol–water partition coefficient (Wildman–Crippen LogP) is 2.51. The molecule has 0 unspecified atom stereocenters. The molecule has 140 valence electrons. The van der Waals surface area contributed by atoms with Crippen molar-refractivity contribution in [3.63, 3.8) is 0 Å². The van der Waals surface area contributed by atoms with E-state index >= 15 is 0 Å². The van der Waals surface area contributed by atoms with Gasteiger partial charge in [-0.25, -0.2) is 8.42 Å². The zero-order valence-electron chi connectivity index (χ0n) is 14.8. The fourth-order valence-electron chi connectivity index (χ4n) is 2.11. The number of rotatable bonds is 9. The van der Waals surface area contributed by atoms with Crippen molar-refractivity contribution in [2.24, 2.45) is 4.99 Å². The summed E-state index contributed by atoms with van der Waals surface area (Å²) >= 11 is 1.34. The predicted molar refractivity (Wildman–Crippen MR) is 113 cm³/mol. The van der Waals surface area contributed by atoms with Crippen molar-refractivity contribution in [3.8, 4) is 0 Å². The van der Waals surface area contributed by atoms with Crippen LogP contribution in [0.1, 0.15) is 32.6 Å². The molecule has 1 heterocycles. The molecule has 1 rings (SSSR count). The number of hydrogen-bond donors (Lipinski definition) is 2. The van der Waals surface area contributed by atoms with Gasteiger partial charge in [-0.3, -0.25) is 4.99 Å². The maximum absolute atomic E-state index is 12.4. The number of sulfonamides is 1. The molecule has 6 nitrogen and oxygen atoms in total. The van der Waals surface area contributed by atoms with Gasteiger partial charge in [-0.05, 0) is 26.0 Å². The summed E-state index contributed by atoms with van der Waals surface area (Å²) in [4.78, 5) is 5.51. The largest absolute Gasteiger partial charge is 0.357 e. The van der Waals surface area contributed by atoms with Crippen LogP contribution in [0.25, 0.3) is 0 Å². The molecule has 0 aliphatic rings. The molecule has 0 radical (unpaired) electrons. The second kappa shape index (κ2) is 12.0. The second-order valence-corrected chi connectivity index (χ2v) is 8.18. The van der Waals surface area contributed by atoms with E-state index in [1.165, 1.54) is 15.6 Å². The van der Waals surface area contributed by atoms with Crippen LogP contribution in [0.4, 0.5) is 0 Å². The van der Waals surface area contributed by atoms with Crippen LogP contribution in [0.3, 0.4) is 0 Å². The van der Waals surface area contributed by atoms with E-state index in [2.05, 4.69) is 15.6 Å². The van der Waals surface area contributed by atoms with E-state index < -0.39 is 10.0 Å². The molecule has 0 aromatic carbocycles. The Kier molecular flexibility index (Phi) is 11.8. The molecular formula is C15H29IN4O2S2. The van der Waals surface area contributed by atoms with Crippen LogP contribution in [0.5, 0.6) is 0 Å². The van der Waals surface area contributed by atoms with Gasteiger partial charge in [-0.2, -0.15) is 4.31 Å². The summed E-state index contributed by atoms with van der Waals surface area (Å²) in [5.41, 5.74) is 0. The minimum absolute atomic E-state index is 0. The van der Waals surface area contributed by atoms with Gasteiger partial charge >= 0.3 is 0 Å². The Bertz CT molecular complexity index is 590. The molecule has 1 aromatic heterocycles. The van der Waals surface area contributed by atoms with Gasteiger partial charge in [-0.1, -0.05) is 13.8 Å². The van der Waals surface area contributed by atoms with Crippen LogP contribution in [-0.2, 0) is 16.4 Å². The van der Waals surface area contributed by atoms with E-state index in [0.717, 1.165) is 30.3 Å². The smallest absolute Gasteiger partial charge is 0.252 e. The molecule has 24 heavy (non-hydrogen) atoms.